The Morgan fingerprint density at radius 3 is 2.76 bits per heavy atom. The van der Waals surface area contributed by atoms with E-state index < -0.39 is 0 Å². The van der Waals surface area contributed by atoms with Gasteiger partial charge in [0.1, 0.15) is 17.2 Å². The number of likely N-dealkylation sites (tertiary alicyclic amines) is 1. The van der Waals surface area contributed by atoms with Crippen LogP contribution in [-0.4, -0.2) is 30.6 Å². The van der Waals surface area contributed by atoms with Crippen LogP contribution in [0.15, 0.2) is 16.6 Å². The second kappa shape index (κ2) is 3.95. The van der Waals surface area contributed by atoms with E-state index in [4.69, 9.17) is 4.74 Å². The molecule has 0 aromatic heterocycles. The Hall–Kier alpha value is -0.610. The van der Waals surface area contributed by atoms with Crippen molar-refractivity contribution in [2.75, 3.05) is 20.1 Å². The molecule has 92 valence electrons. The third kappa shape index (κ3) is 1.97. The van der Waals surface area contributed by atoms with Crippen LogP contribution in [0, 0.1) is 5.82 Å². The highest BCUT2D eigenvalue weighted by Gasteiger charge is 2.42. The maximum Gasteiger partial charge on any atom is 0.131 e. The van der Waals surface area contributed by atoms with Crippen LogP contribution in [0.25, 0.3) is 0 Å². The fourth-order valence-corrected chi connectivity index (χ4v) is 3.15. The summed E-state index contributed by atoms with van der Waals surface area (Å²) < 4.78 is 20.6. The van der Waals surface area contributed by atoms with E-state index in [-0.39, 0.29) is 11.4 Å². The zero-order valence-corrected chi connectivity index (χ0v) is 11.4. The Morgan fingerprint density at radius 2 is 2.06 bits per heavy atom. The molecular weight excluding hydrogens is 285 g/mol. The van der Waals surface area contributed by atoms with E-state index in [9.17, 15) is 4.39 Å². The minimum Gasteiger partial charge on any atom is -0.486 e. The molecule has 1 spiro atoms. The van der Waals surface area contributed by atoms with Gasteiger partial charge in [-0.1, -0.05) is 15.9 Å². The smallest absolute Gasteiger partial charge is 0.131 e. The monoisotopic (exact) mass is 299 g/mol. The van der Waals surface area contributed by atoms with Gasteiger partial charge < -0.3 is 9.64 Å². The third-order valence-corrected chi connectivity index (χ3v) is 4.30. The van der Waals surface area contributed by atoms with Crippen LogP contribution < -0.4 is 4.74 Å². The van der Waals surface area contributed by atoms with E-state index >= 15 is 0 Å². The third-order valence-electron chi connectivity index (χ3n) is 3.84. The van der Waals surface area contributed by atoms with Crippen molar-refractivity contribution >= 4 is 15.9 Å². The number of fused-ring (bicyclic) bond motifs is 1. The van der Waals surface area contributed by atoms with Crippen molar-refractivity contribution < 1.29 is 9.13 Å². The molecule has 17 heavy (non-hydrogen) atoms. The van der Waals surface area contributed by atoms with Gasteiger partial charge in [0, 0.05) is 42.4 Å². The zero-order chi connectivity index (χ0) is 12.0. The predicted octanol–water partition coefficient (Wildman–Crippen LogP) is 2.99. The van der Waals surface area contributed by atoms with Crippen LogP contribution in [0.2, 0.25) is 0 Å². The largest absolute Gasteiger partial charge is 0.486 e. The van der Waals surface area contributed by atoms with Crippen molar-refractivity contribution in [3.63, 3.8) is 0 Å². The van der Waals surface area contributed by atoms with Crippen molar-refractivity contribution in [1.82, 2.24) is 4.90 Å². The highest BCUT2D eigenvalue weighted by molar-refractivity contribution is 9.10. The maximum atomic E-state index is 13.8. The lowest BCUT2D eigenvalue weighted by atomic mass is 9.87. The number of nitrogens with zero attached hydrogens (tertiary/aromatic N) is 1. The number of piperidine rings is 1. The van der Waals surface area contributed by atoms with E-state index in [1.807, 2.05) is 6.07 Å². The molecule has 1 saturated heterocycles. The Labute approximate surface area is 109 Å². The topological polar surface area (TPSA) is 12.5 Å². The Morgan fingerprint density at radius 1 is 1.35 bits per heavy atom. The molecule has 1 fully saturated rings. The molecule has 1 aromatic rings. The molecule has 2 aliphatic heterocycles. The van der Waals surface area contributed by atoms with E-state index in [0.29, 0.717) is 0 Å². The predicted molar refractivity (Wildman–Crippen MR) is 67.9 cm³/mol. The average Bonchev–Trinajstić information content (AvgIpc) is 2.62. The van der Waals surface area contributed by atoms with Crippen LogP contribution in [0.1, 0.15) is 18.4 Å². The Kier molecular flexibility index (Phi) is 2.67. The Bertz CT molecular complexity index is 455. The zero-order valence-electron chi connectivity index (χ0n) is 9.80. The molecule has 0 saturated carbocycles. The molecule has 0 amide bonds. The van der Waals surface area contributed by atoms with E-state index in [1.165, 1.54) is 6.07 Å². The lowest BCUT2D eigenvalue weighted by Crippen LogP contribution is -2.45. The second-order valence-electron chi connectivity index (χ2n) is 5.13. The quantitative estimate of drug-likeness (QED) is 0.730. The molecule has 2 nitrogen and oxygen atoms in total. The van der Waals surface area contributed by atoms with Crippen LogP contribution in [0.3, 0.4) is 0 Å². The van der Waals surface area contributed by atoms with Gasteiger partial charge in [-0.05, 0) is 19.2 Å². The van der Waals surface area contributed by atoms with Gasteiger partial charge >= 0.3 is 0 Å². The van der Waals surface area contributed by atoms with Crippen LogP contribution in [0.5, 0.6) is 5.75 Å². The molecule has 0 unspecified atom stereocenters. The van der Waals surface area contributed by atoms with Gasteiger partial charge in [-0.2, -0.15) is 0 Å². The summed E-state index contributed by atoms with van der Waals surface area (Å²) in [5, 5.41) is 0. The number of benzene rings is 1. The first-order chi connectivity index (χ1) is 8.08. The fraction of sp³-hybridized carbons (Fsp3) is 0.538. The first-order valence-electron chi connectivity index (χ1n) is 5.93. The Balaban J connectivity index is 1.90. The standard InChI is InChI=1S/C13H15BrFNO/c1-16-4-2-13(3-5-16)8-10-11(15)6-9(14)7-12(10)17-13/h6-7H,2-5,8H2,1H3. The molecule has 0 bridgehead atoms. The van der Waals surface area contributed by atoms with Crippen LogP contribution >= 0.6 is 15.9 Å². The van der Waals surface area contributed by atoms with Crippen molar-refractivity contribution in [3.05, 3.63) is 28.0 Å². The van der Waals surface area contributed by atoms with Gasteiger partial charge in [0.15, 0.2) is 0 Å². The minimum absolute atomic E-state index is 0.148. The molecule has 2 aliphatic rings. The van der Waals surface area contributed by atoms with Crippen molar-refractivity contribution in [2.45, 2.75) is 24.9 Å². The summed E-state index contributed by atoms with van der Waals surface area (Å²) in [6, 6.07) is 3.40. The van der Waals surface area contributed by atoms with Gasteiger partial charge in [-0.15, -0.1) is 0 Å². The van der Waals surface area contributed by atoms with Gasteiger partial charge in [-0.25, -0.2) is 4.39 Å². The molecule has 3 rings (SSSR count). The first-order valence-corrected chi connectivity index (χ1v) is 6.73. The summed E-state index contributed by atoms with van der Waals surface area (Å²) in [5.74, 6) is 0.576. The summed E-state index contributed by atoms with van der Waals surface area (Å²) in [7, 11) is 2.12. The van der Waals surface area contributed by atoms with Crippen molar-refractivity contribution in [2.24, 2.45) is 0 Å². The molecule has 0 atom stereocenters. The molecule has 0 radical (unpaired) electrons. The summed E-state index contributed by atoms with van der Waals surface area (Å²) in [6.07, 6.45) is 2.68. The molecule has 0 aliphatic carbocycles. The van der Waals surface area contributed by atoms with Crippen LogP contribution in [-0.2, 0) is 6.42 Å². The summed E-state index contributed by atoms with van der Waals surface area (Å²) in [6.45, 7) is 2.05. The maximum absolute atomic E-state index is 13.8. The number of hydrogen-bond donors (Lipinski definition) is 0. The lowest BCUT2D eigenvalue weighted by Gasteiger charge is -2.37. The highest BCUT2D eigenvalue weighted by atomic mass is 79.9. The van der Waals surface area contributed by atoms with E-state index in [1.54, 1.807) is 0 Å². The number of halogens is 2. The molecule has 0 N–H and O–H groups in total. The number of rotatable bonds is 0. The second-order valence-corrected chi connectivity index (χ2v) is 6.05. The minimum atomic E-state index is -0.156. The molecule has 2 heterocycles. The first kappa shape index (κ1) is 11.5. The van der Waals surface area contributed by atoms with E-state index in [0.717, 1.165) is 48.1 Å². The van der Waals surface area contributed by atoms with Gasteiger partial charge in [0.05, 0.1) is 0 Å². The van der Waals surface area contributed by atoms with Crippen molar-refractivity contribution in [3.8, 4) is 5.75 Å². The van der Waals surface area contributed by atoms with Crippen LogP contribution in [0.4, 0.5) is 4.39 Å². The van der Waals surface area contributed by atoms with Gasteiger partial charge in [0.2, 0.25) is 0 Å². The van der Waals surface area contributed by atoms with Crippen molar-refractivity contribution in [1.29, 1.82) is 0 Å². The van der Waals surface area contributed by atoms with Gasteiger partial charge in [-0.3, -0.25) is 0 Å². The summed E-state index contributed by atoms with van der Waals surface area (Å²) in [5.41, 5.74) is 0.592. The molecule has 1 aromatic carbocycles. The summed E-state index contributed by atoms with van der Waals surface area (Å²) in [4.78, 5) is 2.30. The highest BCUT2D eigenvalue weighted by Crippen LogP contribution is 2.43. The SMILES string of the molecule is CN1CCC2(CC1)Cc1c(F)cc(Br)cc1O2. The normalized spacial score (nSPS) is 22.5. The lowest BCUT2D eigenvalue weighted by molar-refractivity contribution is 0.0270. The molecule has 4 heteroatoms. The number of ether oxygens (including phenoxy) is 1. The average molecular weight is 300 g/mol. The fourth-order valence-electron chi connectivity index (χ4n) is 2.74. The summed E-state index contributed by atoms with van der Waals surface area (Å²) >= 11 is 3.31. The number of hydrogen-bond acceptors (Lipinski definition) is 2. The van der Waals surface area contributed by atoms with E-state index in [2.05, 4.69) is 27.9 Å². The molecular formula is C13H15BrFNO. The van der Waals surface area contributed by atoms with Gasteiger partial charge in [0.25, 0.3) is 0 Å².